The van der Waals surface area contributed by atoms with E-state index in [4.69, 9.17) is 30.6 Å². The fourth-order valence-corrected chi connectivity index (χ4v) is 8.20. The molecule has 7 aromatic carbocycles. The molecular weight excluding hydrogens is 785 g/mol. The molecule has 11 rings (SSSR count). The van der Waals surface area contributed by atoms with Gasteiger partial charge in [-0.2, -0.15) is 0 Å². The molecule has 0 amide bonds. The summed E-state index contributed by atoms with van der Waals surface area (Å²) in [5.41, 5.74) is 12.5. The van der Waals surface area contributed by atoms with E-state index in [2.05, 4.69) is 84.9 Å². The zero-order valence-electron chi connectivity index (χ0n) is 34.4. The lowest BCUT2D eigenvalue weighted by molar-refractivity contribution is -0.110. The van der Waals surface area contributed by atoms with E-state index in [9.17, 15) is 4.79 Å². The van der Waals surface area contributed by atoms with Gasteiger partial charge in [0.05, 0.1) is 34.2 Å². The quantitative estimate of drug-likeness (QED) is 0.150. The molecule has 0 atom stereocenters. The van der Waals surface area contributed by atoms with Crippen LogP contribution >= 0.6 is 0 Å². The Bertz CT molecular complexity index is 3310. The Hall–Kier alpha value is -8.81. The second kappa shape index (κ2) is 16.6. The number of amidine groups is 2. The molecule has 7 aromatic rings. The maximum Gasteiger partial charge on any atom is 0.178 e. The van der Waals surface area contributed by atoms with Crippen LogP contribution in [-0.2, 0) is 4.79 Å². The van der Waals surface area contributed by atoms with Crippen LogP contribution in [0.3, 0.4) is 0 Å². The van der Waals surface area contributed by atoms with Crippen LogP contribution in [0, 0.1) is 0 Å². The van der Waals surface area contributed by atoms with Gasteiger partial charge in [0.25, 0.3) is 0 Å². The van der Waals surface area contributed by atoms with E-state index in [-0.39, 0.29) is 5.78 Å². The van der Waals surface area contributed by atoms with Crippen LogP contribution < -0.4 is 21.1 Å². The zero-order valence-corrected chi connectivity index (χ0v) is 34.4. The summed E-state index contributed by atoms with van der Waals surface area (Å²) in [6.07, 6.45) is 6.87. The highest BCUT2D eigenvalue weighted by Crippen LogP contribution is 2.34. The average Bonchev–Trinajstić information content (AvgIpc) is 4.14. The number of carbonyl (C=O) groups excluding carboxylic acids is 1. The van der Waals surface area contributed by atoms with Gasteiger partial charge in [-0.1, -0.05) is 194 Å². The zero-order chi connectivity index (χ0) is 42.8. The first-order chi connectivity index (χ1) is 31.6. The van der Waals surface area contributed by atoms with Crippen LogP contribution in [0.5, 0.6) is 0 Å². The van der Waals surface area contributed by atoms with Crippen LogP contribution in [-0.4, -0.2) is 28.9 Å². The number of rotatable bonds is 8. The number of nitrogens with zero attached hydrogens (tertiary/aromatic N) is 6. The maximum absolute atomic E-state index is 12.6. The summed E-state index contributed by atoms with van der Waals surface area (Å²) in [6, 6.07) is 65.0. The van der Waals surface area contributed by atoms with Crippen molar-refractivity contribution in [1.82, 2.24) is 10.6 Å². The van der Waals surface area contributed by atoms with Crippen LogP contribution in [0.15, 0.2) is 238 Å². The van der Waals surface area contributed by atoms with Crippen LogP contribution in [0.25, 0.3) is 34.2 Å². The number of allylic oxidation sites excluding steroid dienone is 4. The summed E-state index contributed by atoms with van der Waals surface area (Å²) in [5, 5.41) is 12.2. The SMILES string of the molecule is O=C1C=CC(=c2cc(C3=NC(c4ccccc4)=C(c4ccccc4)[N]3)c(=C3N=C(c4ccccc4)C(c4ccccc4)=N3)cc2C2=NC(c3ccccc3)=C(c3ccccc3)[N]2)C=C1. The molecule has 64 heavy (non-hydrogen) atoms. The van der Waals surface area contributed by atoms with Crippen molar-refractivity contribution >= 4 is 63.1 Å². The smallest absolute Gasteiger partial charge is 0.178 e. The van der Waals surface area contributed by atoms with E-state index < -0.39 is 0 Å². The minimum atomic E-state index is -0.0872. The van der Waals surface area contributed by atoms with Gasteiger partial charge in [-0.15, -0.1) is 0 Å². The molecule has 0 aromatic heterocycles. The van der Waals surface area contributed by atoms with Crippen LogP contribution in [0.2, 0.25) is 0 Å². The summed E-state index contributed by atoms with van der Waals surface area (Å²) in [4.78, 5) is 34.1. The lowest BCUT2D eigenvalue weighted by Gasteiger charge is -2.12. The van der Waals surface area contributed by atoms with E-state index in [0.29, 0.717) is 28.3 Å². The Morgan fingerprint density at radius 3 is 1.03 bits per heavy atom. The fraction of sp³-hybridized carbons (Fsp3) is 0. The summed E-state index contributed by atoms with van der Waals surface area (Å²) < 4.78 is 0. The molecule has 0 N–H and O–H groups in total. The number of hydrogen-bond acceptors (Lipinski definition) is 5. The summed E-state index contributed by atoms with van der Waals surface area (Å²) in [6.45, 7) is 0. The molecule has 3 heterocycles. The lowest BCUT2D eigenvalue weighted by atomic mass is 9.97. The standard InChI is InChI=1S/C57H36N6O/c64-44-33-31-37(32-34-44)45-35-47(56-60-51(40-23-11-3-12-24-40)52(61-56)41-25-13-4-14-26-41)48(57-62-53(42-27-15-5-16-28-42)54(63-57)43-29-17-6-18-30-43)36-46(45)55-58-49(38-19-7-1-8-20-38)50(59-55)39-21-9-2-10-22-39/h1-36H. The van der Waals surface area contributed by atoms with Crippen molar-refractivity contribution in [3.05, 3.63) is 273 Å². The first kappa shape index (κ1) is 38.1. The third kappa shape index (κ3) is 7.27. The number of carbonyl (C=O) groups is 1. The monoisotopic (exact) mass is 820 g/mol. The van der Waals surface area contributed by atoms with Crippen molar-refractivity contribution in [1.29, 1.82) is 0 Å². The van der Waals surface area contributed by atoms with Gasteiger partial charge in [0.15, 0.2) is 23.3 Å². The molecule has 4 aliphatic rings. The molecule has 0 saturated carbocycles. The Morgan fingerprint density at radius 2 is 0.641 bits per heavy atom. The van der Waals surface area contributed by atoms with Crippen molar-refractivity contribution in [2.24, 2.45) is 20.0 Å². The number of aliphatic imine (C=N–C) groups is 4. The van der Waals surface area contributed by atoms with Gasteiger partial charge >= 0.3 is 0 Å². The van der Waals surface area contributed by atoms with E-state index in [1.165, 1.54) is 0 Å². The first-order valence-corrected chi connectivity index (χ1v) is 21.1. The van der Waals surface area contributed by atoms with E-state index in [1.807, 2.05) is 121 Å². The van der Waals surface area contributed by atoms with Crippen molar-refractivity contribution in [3.8, 4) is 0 Å². The van der Waals surface area contributed by atoms with Gasteiger partial charge in [0, 0.05) is 49.7 Å². The maximum atomic E-state index is 12.6. The van der Waals surface area contributed by atoms with Crippen LogP contribution in [0.4, 0.5) is 0 Å². The van der Waals surface area contributed by atoms with Gasteiger partial charge in [0.2, 0.25) is 0 Å². The molecule has 300 valence electrons. The highest BCUT2D eigenvalue weighted by atomic mass is 16.1. The van der Waals surface area contributed by atoms with Gasteiger partial charge in [0.1, 0.15) is 0 Å². The highest BCUT2D eigenvalue weighted by Gasteiger charge is 2.30. The topological polar surface area (TPSA) is 94.7 Å². The molecule has 0 fully saturated rings. The molecule has 7 heteroatoms. The van der Waals surface area contributed by atoms with Gasteiger partial charge in [-0.05, 0) is 35.1 Å². The summed E-state index contributed by atoms with van der Waals surface area (Å²) >= 11 is 0. The largest absolute Gasteiger partial charge is 0.290 e. The summed E-state index contributed by atoms with van der Waals surface area (Å²) in [7, 11) is 0. The highest BCUT2D eigenvalue weighted by molar-refractivity contribution is 6.56. The molecule has 0 saturated heterocycles. The lowest BCUT2D eigenvalue weighted by Crippen LogP contribution is -2.32. The van der Waals surface area contributed by atoms with Gasteiger partial charge < -0.3 is 0 Å². The fourth-order valence-electron chi connectivity index (χ4n) is 8.20. The molecule has 7 nitrogen and oxygen atoms in total. The predicted molar refractivity (Wildman–Crippen MR) is 258 cm³/mol. The second-order valence-corrected chi connectivity index (χ2v) is 15.4. The molecule has 1 aliphatic carbocycles. The van der Waals surface area contributed by atoms with Crippen molar-refractivity contribution in [2.45, 2.75) is 0 Å². The predicted octanol–water partition coefficient (Wildman–Crippen LogP) is 9.37. The molecule has 2 radical (unpaired) electrons. The van der Waals surface area contributed by atoms with Gasteiger partial charge in [-0.3, -0.25) is 4.79 Å². The Balaban J connectivity index is 1.21. The van der Waals surface area contributed by atoms with Gasteiger partial charge in [-0.25, -0.2) is 30.6 Å². The normalized spacial score (nSPS) is 15.5. The Morgan fingerprint density at radius 1 is 0.312 bits per heavy atom. The Labute approximate surface area is 370 Å². The third-order valence-corrected chi connectivity index (χ3v) is 11.3. The molecule has 0 spiro atoms. The van der Waals surface area contributed by atoms with E-state index in [0.717, 1.165) is 83.9 Å². The third-order valence-electron chi connectivity index (χ3n) is 11.3. The molecule has 0 unspecified atom stereocenters. The molecule has 3 aliphatic heterocycles. The minimum absolute atomic E-state index is 0.0872. The average molecular weight is 821 g/mol. The van der Waals surface area contributed by atoms with E-state index >= 15 is 0 Å². The number of benzene rings is 7. The first-order valence-electron chi connectivity index (χ1n) is 21.1. The molecular formula is C57H36N6O. The number of hydrogen-bond donors (Lipinski definition) is 0. The van der Waals surface area contributed by atoms with Crippen molar-refractivity contribution < 1.29 is 4.79 Å². The van der Waals surface area contributed by atoms with Crippen molar-refractivity contribution in [3.63, 3.8) is 0 Å². The number of ketones is 1. The van der Waals surface area contributed by atoms with Crippen molar-refractivity contribution in [2.75, 3.05) is 0 Å². The minimum Gasteiger partial charge on any atom is -0.290 e. The van der Waals surface area contributed by atoms with Crippen LogP contribution in [0.1, 0.15) is 44.5 Å². The Kier molecular flexibility index (Phi) is 9.87. The summed E-state index contributed by atoms with van der Waals surface area (Å²) in [5.74, 6) is 1.44. The molecule has 0 bridgehead atoms. The van der Waals surface area contributed by atoms with E-state index in [1.54, 1.807) is 12.2 Å². The second-order valence-electron chi connectivity index (χ2n) is 15.4.